The van der Waals surface area contributed by atoms with Gasteiger partial charge in [-0.2, -0.15) is 0 Å². The molecule has 0 saturated carbocycles. The lowest BCUT2D eigenvalue weighted by Crippen LogP contribution is -2.51. The molecule has 2 bridgehead atoms. The quantitative estimate of drug-likeness (QED) is 0.825. The van der Waals surface area contributed by atoms with Crippen LogP contribution in [0.1, 0.15) is 18.5 Å². The van der Waals surface area contributed by atoms with Crippen molar-refractivity contribution in [3.05, 3.63) is 36.0 Å². The van der Waals surface area contributed by atoms with E-state index in [-0.39, 0.29) is 30.3 Å². The number of fused-ring (bicyclic) bond motifs is 5. The molecule has 0 N–H and O–H groups in total. The number of benzene rings is 1. The van der Waals surface area contributed by atoms with Gasteiger partial charge in [-0.3, -0.25) is 14.5 Å². The molecule has 2 aromatic rings. The van der Waals surface area contributed by atoms with Gasteiger partial charge in [0.25, 0.3) is 0 Å². The molecule has 2 atom stereocenters. The van der Waals surface area contributed by atoms with Gasteiger partial charge in [-0.1, -0.05) is 18.2 Å². The highest BCUT2D eigenvalue weighted by atomic mass is 16.2. The average Bonchev–Trinajstić information content (AvgIpc) is 2.78. The smallest absolute Gasteiger partial charge is 0.241 e. The fourth-order valence-corrected chi connectivity index (χ4v) is 4.48. The van der Waals surface area contributed by atoms with Gasteiger partial charge in [0, 0.05) is 58.0 Å². The summed E-state index contributed by atoms with van der Waals surface area (Å²) in [7, 11) is 5.60. The van der Waals surface area contributed by atoms with Crippen molar-refractivity contribution >= 4 is 22.7 Å². The van der Waals surface area contributed by atoms with Crippen LogP contribution in [-0.4, -0.2) is 70.9 Å². The van der Waals surface area contributed by atoms with Gasteiger partial charge in [0.05, 0.1) is 5.92 Å². The van der Waals surface area contributed by atoms with E-state index in [0.717, 1.165) is 32.5 Å². The van der Waals surface area contributed by atoms with Crippen molar-refractivity contribution in [2.45, 2.75) is 25.4 Å². The normalized spacial score (nSPS) is 23.1. The predicted molar refractivity (Wildman–Crippen MR) is 105 cm³/mol. The van der Waals surface area contributed by atoms with Crippen molar-refractivity contribution in [2.24, 2.45) is 13.0 Å². The van der Waals surface area contributed by atoms with E-state index in [1.807, 2.05) is 4.90 Å². The summed E-state index contributed by atoms with van der Waals surface area (Å²) in [5, 5.41) is 1.25. The van der Waals surface area contributed by atoms with Gasteiger partial charge < -0.3 is 14.4 Å². The number of amides is 2. The van der Waals surface area contributed by atoms with Gasteiger partial charge in [0.1, 0.15) is 6.54 Å². The highest BCUT2D eigenvalue weighted by molar-refractivity contribution is 5.87. The Morgan fingerprint density at radius 1 is 1.19 bits per heavy atom. The number of para-hydroxylation sites is 1. The van der Waals surface area contributed by atoms with Crippen LogP contribution in [0.25, 0.3) is 10.9 Å². The molecule has 5 rings (SSSR count). The maximum atomic E-state index is 12.9. The lowest BCUT2D eigenvalue weighted by atomic mass is 9.94. The van der Waals surface area contributed by atoms with Gasteiger partial charge >= 0.3 is 0 Å². The minimum atomic E-state index is -0.00358. The minimum Gasteiger partial charge on any atom is -0.347 e. The Morgan fingerprint density at radius 3 is 2.70 bits per heavy atom. The third-order valence-electron chi connectivity index (χ3n) is 6.11. The molecule has 6 heteroatoms. The standard InChI is InChI=1S/C21H28N4O2/c1-22(2)20(26)14-25-17-9-8-16(21(25)27)11-24(12-17)13-18-10-15-6-4-5-7-19(15)23(18)3/h4-7,10,16-17H,8-9,11-14H2,1-3H3/t16-,17+/m1/s1. The summed E-state index contributed by atoms with van der Waals surface area (Å²) in [6, 6.07) is 10.8. The molecule has 0 spiro atoms. The SMILES string of the molecule is CN(C)C(=O)CN1C(=O)[C@@H]2CC[C@H]1CN(Cc1cc3ccccc3n1C)C2. The Morgan fingerprint density at radius 2 is 1.96 bits per heavy atom. The molecular weight excluding hydrogens is 340 g/mol. The van der Waals surface area contributed by atoms with E-state index >= 15 is 0 Å². The van der Waals surface area contributed by atoms with Crippen LogP contribution in [0.2, 0.25) is 0 Å². The van der Waals surface area contributed by atoms with Gasteiger partial charge in [0.15, 0.2) is 0 Å². The molecule has 3 fully saturated rings. The summed E-state index contributed by atoms with van der Waals surface area (Å²) in [4.78, 5) is 30.9. The number of nitrogens with zero attached hydrogens (tertiary/aromatic N) is 4. The maximum Gasteiger partial charge on any atom is 0.241 e. The molecule has 1 aromatic heterocycles. The molecule has 0 aliphatic carbocycles. The van der Waals surface area contributed by atoms with Crippen LogP contribution < -0.4 is 0 Å². The van der Waals surface area contributed by atoms with Crippen LogP contribution >= 0.6 is 0 Å². The number of rotatable bonds is 4. The molecule has 1 aromatic carbocycles. The minimum absolute atomic E-state index is 0.00358. The molecule has 3 aliphatic rings. The van der Waals surface area contributed by atoms with Crippen molar-refractivity contribution < 1.29 is 9.59 Å². The molecule has 2 amide bonds. The highest BCUT2D eigenvalue weighted by Crippen LogP contribution is 2.30. The number of hydrogen-bond donors (Lipinski definition) is 0. The van der Waals surface area contributed by atoms with Gasteiger partial charge in [0.2, 0.25) is 11.8 Å². The topological polar surface area (TPSA) is 48.8 Å². The fraction of sp³-hybridized carbons (Fsp3) is 0.524. The average molecular weight is 368 g/mol. The van der Waals surface area contributed by atoms with Gasteiger partial charge in [-0.05, 0) is 30.4 Å². The number of carbonyl (C=O) groups is 2. The molecule has 3 aliphatic heterocycles. The molecule has 6 nitrogen and oxygen atoms in total. The predicted octanol–water partition coefficient (Wildman–Crippen LogP) is 1.69. The number of aryl methyl sites for hydroxylation is 1. The number of hydrogen-bond acceptors (Lipinski definition) is 3. The number of carbonyl (C=O) groups excluding carboxylic acids is 2. The first-order chi connectivity index (χ1) is 12.9. The van der Waals surface area contributed by atoms with Crippen LogP contribution in [-0.2, 0) is 23.2 Å². The summed E-state index contributed by atoms with van der Waals surface area (Å²) in [6.07, 6.45) is 1.92. The van der Waals surface area contributed by atoms with Crippen LogP contribution in [0.4, 0.5) is 0 Å². The summed E-state index contributed by atoms with van der Waals surface area (Å²) in [5.74, 6) is 0.158. The first-order valence-corrected chi connectivity index (χ1v) is 9.70. The fourth-order valence-electron chi connectivity index (χ4n) is 4.48. The molecule has 144 valence electrons. The van der Waals surface area contributed by atoms with E-state index in [0.29, 0.717) is 0 Å². The number of piperidine rings is 1. The number of aromatic nitrogens is 1. The van der Waals surface area contributed by atoms with E-state index in [2.05, 4.69) is 46.8 Å². The van der Waals surface area contributed by atoms with E-state index < -0.39 is 0 Å². The molecule has 0 radical (unpaired) electrons. The van der Waals surface area contributed by atoms with E-state index in [1.54, 1.807) is 19.0 Å². The number of likely N-dealkylation sites (N-methyl/N-ethyl adjacent to an activating group) is 1. The van der Waals surface area contributed by atoms with E-state index in [4.69, 9.17) is 0 Å². The molecule has 4 heterocycles. The Labute approximate surface area is 160 Å². The molecule has 27 heavy (non-hydrogen) atoms. The molecule has 3 saturated heterocycles. The van der Waals surface area contributed by atoms with Gasteiger partial charge in [-0.15, -0.1) is 0 Å². The van der Waals surface area contributed by atoms with Crippen molar-refractivity contribution in [1.82, 2.24) is 19.3 Å². The zero-order valence-corrected chi connectivity index (χ0v) is 16.4. The monoisotopic (exact) mass is 368 g/mol. The summed E-state index contributed by atoms with van der Waals surface area (Å²) in [5.41, 5.74) is 2.50. The van der Waals surface area contributed by atoms with Crippen LogP contribution in [0.15, 0.2) is 30.3 Å². The van der Waals surface area contributed by atoms with Crippen molar-refractivity contribution in [3.63, 3.8) is 0 Å². The second-order valence-electron chi connectivity index (χ2n) is 8.13. The Bertz CT molecular complexity index is 872. The Hall–Kier alpha value is -2.34. The first kappa shape index (κ1) is 18.0. The van der Waals surface area contributed by atoms with Crippen LogP contribution in [0.3, 0.4) is 0 Å². The van der Waals surface area contributed by atoms with Gasteiger partial charge in [-0.25, -0.2) is 0 Å². The van der Waals surface area contributed by atoms with Crippen LogP contribution in [0.5, 0.6) is 0 Å². The Balaban J connectivity index is 1.53. The lowest BCUT2D eigenvalue weighted by Gasteiger charge is -2.36. The lowest BCUT2D eigenvalue weighted by molar-refractivity contribution is -0.145. The first-order valence-electron chi connectivity index (χ1n) is 9.70. The summed E-state index contributed by atoms with van der Waals surface area (Å²) in [6.45, 7) is 2.66. The summed E-state index contributed by atoms with van der Waals surface area (Å²) < 4.78 is 2.25. The largest absolute Gasteiger partial charge is 0.347 e. The second kappa shape index (κ2) is 7.00. The zero-order chi connectivity index (χ0) is 19.1. The van der Waals surface area contributed by atoms with E-state index in [1.165, 1.54) is 16.6 Å². The van der Waals surface area contributed by atoms with Crippen molar-refractivity contribution in [1.29, 1.82) is 0 Å². The molecular formula is C21H28N4O2. The third kappa shape index (κ3) is 3.34. The second-order valence-corrected chi connectivity index (χ2v) is 8.13. The van der Waals surface area contributed by atoms with Crippen molar-refractivity contribution in [2.75, 3.05) is 33.7 Å². The van der Waals surface area contributed by atoms with Crippen molar-refractivity contribution in [3.8, 4) is 0 Å². The Kier molecular flexibility index (Phi) is 4.68. The maximum absolute atomic E-state index is 12.9. The van der Waals surface area contributed by atoms with E-state index in [9.17, 15) is 9.59 Å². The van der Waals surface area contributed by atoms with Crippen LogP contribution in [0, 0.1) is 5.92 Å². The third-order valence-corrected chi connectivity index (χ3v) is 6.11. The molecule has 0 unspecified atom stereocenters. The summed E-state index contributed by atoms with van der Waals surface area (Å²) >= 11 is 0. The highest BCUT2D eigenvalue weighted by Gasteiger charge is 2.41. The zero-order valence-electron chi connectivity index (χ0n) is 16.4.